The minimum absolute atomic E-state index is 0. The number of benzene rings is 1. The molecule has 12 heavy (non-hydrogen) atoms. The van der Waals surface area contributed by atoms with E-state index in [1.54, 1.807) is 24.3 Å². The van der Waals surface area contributed by atoms with Gasteiger partial charge in [0, 0.05) is 11.2 Å². The standard InChI is InChI=1S/C7H8O2S2.Na.H/c1-6-2-4-7(5-3-6)11(8,9)10;;/h2-5H,1H3,(H,8,9,10);;/q;+1;-1. The zero-order valence-corrected chi connectivity index (χ0v) is 10.6. The summed E-state index contributed by atoms with van der Waals surface area (Å²) < 4.78 is 19.8. The summed E-state index contributed by atoms with van der Waals surface area (Å²) in [4.78, 5) is 0.304. The summed E-state index contributed by atoms with van der Waals surface area (Å²) >= 11 is 4.38. The third kappa shape index (κ3) is 3.51. The molecule has 1 aromatic carbocycles. The molecule has 1 N–H and O–H groups in total. The summed E-state index contributed by atoms with van der Waals surface area (Å²) in [6.45, 7) is 1.91. The van der Waals surface area contributed by atoms with Gasteiger partial charge in [0.25, 0.3) is 0 Å². The van der Waals surface area contributed by atoms with E-state index in [9.17, 15) is 4.21 Å². The molecule has 0 aliphatic carbocycles. The first-order valence-corrected chi connectivity index (χ1v) is 5.48. The van der Waals surface area contributed by atoms with Crippen molar-refractivity contribution in [1.82, 2.24) is 0 Å². The van der Waals surface area contributed by atoms with Gasteiger partial charge < -0.3 is 5.98 Å². The summed E-state index contributed by atoms with van der Waals surface area (Å²) in [7, 11) is -3.19. The first-order chi connectivity index (χ1) is 5.00. The zero-order chi connectivity index (χ0) is 8.48. The van der Waals surface area contributed by atoms with Gasteiger partial charge in [0.15, 0.2) is 8.77 Å². The average molecular weight is 212 g/mol. The Hall–Kier alpha value is 0.550. The Bertz CT molecular complexity index is 347. The van der Waals surface area contributed by atoms with Crippen molar-refractivity contribution in [2.75, 3.05) is 0 Å². The van der Waals surface area contributed by atoms with Crippen LogP contribution in [0.5, 0.6) is 0 Å². The van der Waals surface area contributed by atoms with Crippen LogP contribution in [0.15, 0.2) is 29.2 Å². The predicted molar refractivity (Wildman–Crippen MR) is 48.7 cm³/mol. The molecule has 0 spiro atoms. The first kappa shape index (κ1) is 12.6. The van der Waals surface area contributed by atoms with E-state index in [0.717, 1.165) is 5.56 Å². The van der Waals surface area contributed by atoms with Crippen molar-refractivity contribution >= 4 is 20.0 Å². The quantitative estimate of drug-likeness (QED) is 0.587. The summed E-state index contributed by atoms with van der Waals surface area (Å²) in [6.07, 6.45) is 0. The molecule has 5 heteroatoms. The summed E-state index contributed by atoms with van der Waals surface area (Å²) in [6, 6.07) is 6.67. The Balaban J connectivity index is 0. The molecule has 0 heterocycles. The minimum atomic E-state index is -3.19. The van der Waals surface area contributed by atoms with E-state index in [0.29, 0.717) is 4.90 Å². The Morgan fingerprint density at radius 2 is 1.83 bits per heavy atom. The van der Waals surface area contributed by atoms with Crippen LogP contribution in [-0.2, 0) is 20.0 Å². The normalized spacial score (nSPS) is 14.5. The van der Waals surface area contributed by atoms with Crippen LogP contribution in [0.25, 0.3) is 0 Å². The van der Waals surface area contributed by atoms with Gasteiger partial charge in [0.1, 0.15) is 0 Å². The molecular formula is C7H9NaO2S2. The van der Waals surface area contributed by atoms with Gasteiger partial charge in [0.05, 0.1) is 4.90 Å². The molecule has 0 amide bonds. The van der Waals surface area contributed by atoms with Crippen LogP contribution in [0, 0.1) is 6.92 Å². The Kier molecular flexibility index (Phi) is 4.91. The fourth-order valence-corrected chi connectivity index (χ4v) is 1.52. The van der Waals surface area contributed by atoms with Gasteiger partial charge in [0.2, 0.25) is 0 Å². The van der Waals surface area contributed by atoms with E-state index in [4.69, 9.17) is 4.55 Å². The molecule has 0 aliphatic rings. The van der Waals surface area contributed by atoms with Crippen LogP contribution in [-0.4, -0.2) is 8.76 Å². The van der Waals surface area contributed by atoms with E-state index in [1.807, 2.05) is 6.92 Å². The molecule has 0 saturated heterocycles. The van der Waals surface area contributed by atoms with Gasteiger partial charge in [-0.2, -0.15) is 0 Å². The molecule has 0 bridgehead atoms. The van der Waals surface area contributed by atoms with E-state index >= 15 is 0 Å². The molecular weight excluding hydrogens is 203 g/mol. The molecule has 62 valence electrons. The molecule has 0 aromatic heterocycles. The number of rotatable bonds is 1. The summed E-state index contributed by atoms with van der Waals surface area (Å²) in [5, 5.41) is 0. The number of aryl methyl sites for hydroxylation is 1. The Labute approximate surface area is 101 Å². The first-order valence-electron chi connectivity index (χ1n) is 3.04. The van der Waals surface area contributed by atoms with Crippen molar-refractivity contribution in [3.05, 3.63) is 29.8 Å². The van der Waals surface area contributed by atoms with E-state index in [1.165, 1.54) is 0 Å². The summed E-state index contributed by atoms with van der Waals surface area (Å²) in [5.41, 5.74) is 1.05. The third-order valence-electron chi connectivity index (χ3n) is 1.32. The fraction of sp³-hybridized carbons (Fsp3) is 0.143. The monoisotopic (exact) mass is 212 g/mol. The number of hydrogen-bond acceptors (Lipinski definition) is 2. The molecule has 1 aromatic rings. The molecule has 0 radical (unpaired) electrons. The average Bonchev–Trinajstić information content (AvgIpc) is 1.86. The van der Waals surface area contributed by atoms with Crippen LogP contribution >= 0.6 is 0 Å². The smallest absolute Gasteiger partial charge is 1.00 e. The van der Waals surface area contributed by atoms with Crippen molar-refractivity contribution in [3.8, 4) is 0 Å². The van der Waals surface area contributed by atoms with Crippen molar-refractivity contribution < 1.29 is 39.7 Å². The maximum Gasteiger partial charge on any atom is 1.00 e. The van der Waals surface area contributed by atoms with Crippen molar-refractivity contribution in [2.45, 2.75) is 11.8 Å². The van der Waals surface area contributed by atoms with Gasteiger partial charge >= 0.3 is 29.6 Å². The molecule has 0 saturated carbocycles. The maximum absolute atomic E-state index is 10.9. The van der Waals surface area contributed by atoms with Crippen molar-refractivity contribution in [2.24, 2.45) is 0 Å². The molecule has 2 nitrogen and oxygen atoms in total. The van der Waals surface area contributed by atoms with Crippen LogP contribution < -0.4 is 29.6 Å². The van der Waals surface area contributed by atoms with Gasteiger partial charge in [-0.25, -0.2) is 4.21 Å². The maximum atomic E-state index is 10.9. The Morgan fingerprint density at radius 1 is 1.42 bits per heavy atom. The molecule has 1 rings (SSSR count). The van der Waals surface area contributed by atoms with Crippen molar-refractivity contribution in [1.29, 1.82) is 0 Å². The molecule has 0 fully saturated rings. The predicted octanol–water partition coefficient (Wildman–Crippen LogP) is -1.31. The van der Waals surface area contributed by atoms with Gasteiger partial charge in [-0.3, -0.25) is 0 Å². The Morgan fingerprint density at radius 3 is 2.17 bits per heavy atom. The number of hydrogen-bond donors (Lipinski definition) is 1. The van der Waals surface area contributed by atoms with Gasteiger partial charge in [-0.1, -0.05) is 17.7 Å². The second-order valence-electron chi connectivity index (χ2n) is 2.29. The molecule has 1 unspecified atom stereocenters. The van der Waals surface area contributed by atoms with Crippen LogP contribution in [0.1, 0.15) is 6.99 Å². The van der Waals surface area contributed by atoms with Crippen LogP contribution in [0.3, 0.4) is 0 Å². The summed E-state index contributed by atoms with van der Waals surface area (Å²) in [5.74, 6) is 0. The second kappa shape index (κ2) is 4.69. The molecule has 1 atom stereocenters. The van der Waals surface area contributed by atoms with E-state index in [-0.39, 0.29) is 31.0 Å². The van der Waals surface area contributed by atoms with Crippen LogP contribution in [0.2, 0.25) is 0 Å². The van der Waals surface area contributed by atoms with Gasteiger partial charge in [-0.05, 0) is 19.1 Å². The van der Waals surface area contributed by atoms with Crippen molar-refractivity contribution in [3.63, 3.8) is 0 Å². The zero-order valence-electron chi connectivity index (χ0n) is 7.98. The SMILES string of the molecule is Cc1ccc(S(=O)(O)=S)cc1.[H-].[Na+]. The minimum Gasteiger partial charge on any atom is -1.00 e. The largest absolute Gasteiger partial charge is 1.00 e. The fourth-order valence-electron chi connectivity index (χ4n) is 0.710. The van der Waals surface area contributed by atoms with E-state index < -0.39 is 8.77 Å². The second-order valence-corrected chi connectivity index (χ2v) is 5.07. The third-order valence-corrected chi connectivity index (χ3v) is 2.76. The van der Waals surface area contributed by atoms with Gasteiger partial charge in [-0.15, -0.1) is 0 Å². The molecule has 0 aliphatic heterocycles. The van der Waals surface area contributed by atoms with Crippen LogP contribution in [0.4, 0.5) is 0 Å². The topological polar surface area (TPSA) is 37.3 Å². The van der Waals surface area contributed by atoms with E-state index in [2.05, 4.69) is 11.2 Å².